The Bertz CT molecular complexity index is 917. The topological polar surface area (TPSA) is 117 Å². The highest BCUT2D eigenvalue weighted by Crippen LogP contribution is 2.14. The number of hydrogen-bond acceptors (Lipinski definition) is 5. The number of halogens is 1. The average Bonchev–Trinajstić information content (AvgIpc) is 2.57. The number of nitrogens with zero attached hydrogens (tertiary/aromatic N) is 2. The highest BCUT2D eigenvalue weighted by molar-refractivity contribution is 6.33. The molecule has 0 radical (unpaired) electrons. The molecule has 1 aromatic carbocycles. The number of amides is 1. The first-order valence-corrected chi connectivity index (χ1v) is 7.97. The molecule has 1 amide bonds. The molecule has 0 saturated carbocycles. The van der Waals surface area contributed by atoms with Crippen molar-refractivity contribution < 1.29 is 9.90 Å². The molecule has 8 nitrogen and oxygen atoms in total. The van der Waals surface area contributed by atoms with Crippen LogP contribution >= 0.6 is 11.6 Å². The third-order valence-electron chi connectivity index (χ3n) is 3.42. The van der Waals surface area contributed by atoms with Crippen molar-refractivity contribution in [3.63, 3.8) is 0 Å². The number of rotatable bonds is 6. The van der Waals surface area contributed by atoms with Gasteiger partial charge in [0.25, 0.3) is 11.5 Å². The maximum absolute atomic E-state index is 12.0. The summed E-state index contributed by atoms with van der Waals surface area (Å²) in [4.78, 5) is 37.7. The maximum Gasteiger partial charge on any atom is 0.331 e. The van der Waals surface area contributed by atoms with Crippen molar-refractivity contribution in [2.45, 2.75) is 26.3 Å². The number of aromatic nitrogens is 2. The van der Waals surface area contributed by atoms with E-state index in [1.165, 1.54) is 6.07 Å². The van der Waals surface area contributed by atoms with Gasteiger partial charge in [0.05, 0.1) is 16.8 Å². The molecule has 2 rings (SSSR count). The van der Waals surface area contributed by atoms with E-state index in [2.05, 4.69) is 15.5 Å². The van der Waals surface area contributed by atoms with Gasteiger partial charge in [-0.15, -0.1) is 0 Å². The summed E-state index contributed by atoms with van der Waals surface area (Å²) < 4.78 is 1.04. The van der Waals surface area contributed by atoms with Crippen LogP contribution in [0.2, 0.25) is 5.02 Å². The van der Waals surface area contributed by atoms with Crippen LogP contribution in [0, 0.1) is 0 Å². The third kappa shape index (κ3) is 4.36. The first-order chi connectivity index (χ1) is 12.0. The Morgan fingerprint density at radius 2 is 2.12 bits per heavy atom. The number of H-pyrrole nitrogens is 1. The second kappa shape index (κ2) is 8.29. The maximum atomic E-state index is 12.0. The Morgan fingerprint density at radius 1 is 1.40 bits per heavy atom. The minimum absolute atomic E-state index is 0.215. The Balaban J connectivity index is 2.23. The number of hydrogen-bond donors (Lipinski definition) is 3. The normalized spacial score (nSPS) is 11.0. The van der Waals surface area contributed by atoms with Gasteiger partial charge in [0, 0.05) is 6.54 Å². The van der Waals surface area contributed by atoms with Crippen molar-refractivity contribution in [2.24, 2.45) is 5.10 Å². The Kier molecular flexibility index (Phi) is 6.13. The third-order valence-corrected chi connectivity index (χ3v) is 3.75. The van der Waals surface area contributed by atoms with E-state index in [0.717, 1.165) is 17.2 Å². The van der Waals surface area contributed by atoms with Gasteiger partial charge >= 0.3 is 5.69 Å². The monoisotopic (exact) mass is 364 g/mol. The van der Waals surface area contributed by atoms with Gasteiger partial charge in [-0.25, -0.2) is 10.2 Å². The lowest BCUT2D eigenvalue weighted by molar-refractivity contribution is 0.0955. The van der Waals surface area contributed by atoms with Crippen molar-refractivity contribution in [2.75, 3.05) is 0 Å². The van der Waals surface area contributed by atoms with Gasteiger partial charge in [-0.1, -0.05) is 37.1 Å². The summed E-state index contributed by atoms with van der Waals surface area (Å²) >= 11 is 5.91. The van der Waals surface area contributed by atoms with Crippen molar-refractivity contribution in [3.05, 3.63) is 61.3 Å². The minimum Gasteiger partial charge on any atom is -0.494 e. The van der Waals surface area contributed by atoms with Crippen LogP contribution in [-0.2, 0) is 6.54 Å². The molecule has 0 spiro atoms. The van der Waals surface area contributed by atoms with E-state index in [1.807, 2.05) is 6.92 Å². The van der Waals surface area contributed by atoms with Gasteiger partial charge in [0.1, 0.15) is 5.56 Å². The lowest BCUT2D eigenvalue weighted by Crippen LogP contribution is -2.32. The van der Waals surface area contributed by atoms with Crippen LogP contribution in [0.4, 0.5) is 0 Å². The zero-order valence-corrected chi connectivity index (χ0v) is 14.2. The summed E-state index contributed by atoms with van der Waals surface area (Å²) in [5.41, 5.74) is 0.702. The predicted molar refractivity (Wildman–Crippen MR) is 94.4 cm³/mol. The molecule has 0 unspecified atom stereocenters. The summed E-state index contributed by atoms with van der Waals surface area (Å²) in [7, 11) is 0. The molecule has 9 heteroatoms. The fourth-order valence-electron chi connectivity index (χ4n) is 2.08. The van der Waals surface area contributed by atoms with Gasteiger partial charge in [-0.05, 0) is 18.6 Å². The fraction of sp³-hybridized carbons (Fsp3) is 0.250. The van der Waals surface area contributed by atoms with E-state index in [4.69, 9.17) is 11.6 Å². The van der Waals surface area contributed by atoms with E-state index in [1.54, 1.807) is 18.2 Å². The Morgan fingerprint density at radius 3 is 2.80 bits per heavy atom. The smallest absolute Gasteiger partial charge is 0.331 e. The highest BCUT2D eigenvalue weighted by Gasteiger charge is 2.13. The number of aromatic hydroxyl groups is 1. The van der Waals surface area contributed by atoms with Crippen molar-refractivity contribution in [1.29, 1.82) is 0 Å². The van der Waals surface area contributed by atoms with Crippen LogP contribution in [0.15, 0.2) is 39.0 Å². The lowest BCUT2D eigenvalue weighted by Gasteiger charge is -2.08. The molecule has 3 N–H and O–H groups in total. The van der Waals surface area contributed by atoms with E-state index in [-0.39, 0.29) is 22.7 Å². The van der Waals surface area contributed by atoms with E-state index >= 15 is 0 Å². The van der Waals surface area contributed by atoms with E-state index < -0.39 is 23.0 Å². The molecule has 0 fully saturated rings. The van der Waals surface area contributed by atoms with E-state index in [0.29, 0.717) is 6.42 Å². The van der Waals surface area contributed by atoms with Gasteiger partial charge in [-0.2, -0.15) is 5.10 Å². The van der Waals surface area contributed by atoms with Gasteiger partial charge in [-0.3, -0.25) is 19.1 Å². The van der Waals surface area contributed by atoms with Crippen LogP contribution < -0.4 is 16.7 Å². The quantitative estimate of drug-likeness (QED) is 0.531. The van der Waals surface area contributed by atoms with Crippen LogP contribution in [0.5, 0.6) is 5.88 Å². The molecular weight excluding hydrogens is 348 g/mol. The lowest BCUT2D eigenvalue weighted by atomic mass is 10.2. The van der Waals surface area contributed by atoms with Gasteiger partial charge in [0.2, 0.25) is 5.88 Å². The zero-order chi connectivity index (χ0) is 18.4. The molecule has 1 heterocycles. The first kappa shape index (κ1) is 18.5. The SMILES string of the molecule is CCCCn1c(O)c(/C=N/NC(=O)c2ccccc2Cl)c(=O)[nH]c1=O. The average molecular weight is 365 g/mol. The highest BCUT2D eigenvalue weighted by atomic mass is 35.5. The standard InChI is InChI=1S/C16H17ClN4O4/c1-2-3-8-21-15(24)11(13(22)19-16(21)25)9-18-20-14(23)10-6-4-5-7-12(10)17/h4-7,9,24H,2-3,8H2,1H3,(H,20,23)(H,19,22,25)/b18-9+. The second-order valence-corrected chi connectivity index (χ2v) is 5.59. The van der Waals surface area contributed by atoms with E-state index in [9.17, 15) is 19.5 Å². The number of unbranched alkanes of at least 4 members (excludes halogenated alkanes) is 1. The molecule has 0 atom stereocenters. The summed E-state index contributed by atoms with van der Waals surface area (Å²) in [5, 5.41) is 14.0. The number of benzene rings is 1. The molecule has 0 aliphatic heterocycles. The summed E-state index contributed by atoms with van der Waals surface area (Å²) in [6.07, 6.45) is 2.44. The number of carbonyl (C=O) groups is 1. The number of carbonyl (C=O) groups excluding carboxylic acids is 1. The first-order valence-electron chi connectivity index (χ1n) is 7.59. The van der Waals surface area contributed by atoms with Gasteiger partial charge < -0.3 is 5.11 Å². The fourth-order valence-corrected chi connectivity index (χ4v) is 2.30. The molecular formula is C16H17ClN4O4. The van der Waals surface area contributed by atoms with Crippen LogP contribution in [-0.4, -0.2) is 26.8 Å². The van der Waals surface area contributed by atoms with Crippen molar-refractivity contribution >= 4 is 23.7 Å². The summed E-state index contributed by atoms with van der Waals surface area (Å²) in [5.74, 6) is -1.07. The minimum atomic E-state index is -0.800. The Labute approximate surface area is 147 Å². The number of aromatic amines is 1. The molecule has 0 aliphatic carbocycles. The second-order valence-electron chi connectivity index (χ2n) is 5.18. The van der Waals surface area contributed by atoms with Crippen LogP contribution in [0.3, 0.4) is 0 Å². The Hall–Kier alpha value is -2.87. The van der Waals surface area contributed by atoms with Crippen molar-refractivity contribution in [3.8, 4) is 5.88 Å². The zero-order valence-electron chi connectivity index (χ0n) is 13.5. The largest absolute Gasteiger partial charge is 0.494 e. The molecule has 132 valence electrons. The molecule has 0 saturated heterocycles. The van der Waals surface area contributed by atoms with Crippen LogP contribution in [0.25, 0.3) is 0 Å². The molecule has 0 bridgehead atoms. The van der Waals surface area contributed by atoms with Gasteiger partial charge in [0.15, 0.2) is 0 Å². The van der Waals surface area contributed by atoms with Crippen molar-refractivity contribution in [1.82, 2.24) is 15.0 Å². The molecule has 2 aromatic rings. The summed E-state index contributed by atoms with van der Waals surface area (Å²) in [6, 6.07) is 6.40. The molecule has 0 aliphatic rings. The molecule has 25 heavy (non-hydrogen) atoms. The molecule has 1 aromatic heterocycles. The van der Waals surface area contributed by atoms with Crippen LogP contribution in [0.1, 0.15) is 35.7 Å². The number of nitrogens with one attached hydrogen (secondary N) is 2. The predicted octanol–water partition coefficient (Wildman–Crippen LogP) is 1.46. The summed E-state index contributed by atoms with van der Waals surface area (Å²) in [6.45, 7) is 2.19. The number of hydrazone groups is 1.